The summed E-state index contributed by atoms with van der Waals surface area (Å²) in [6.07, 6.45) is -2.75. The second kappa shape index (κ2) is 16.7. The van der Waals surface area contributed by atoms with Gasteiger partial charge in [0.05, 0.1) is 26.1 Å². The highest BCUT2D eigenvalue weighted by atomic mass is 16.7. The first-order chi connectivity index (χ1) is 19.8. The molecule has 14 nitrogen and oxygen atoms in total. The molecule has 2 N–H and O–H groups in total. The van der Waals surface area contributed by atoms with Gasteiger partial charge in [-0.05, 0) is 17.4 Å². The molecular weight excluding hydrogens is 554 g/mol. The minimum atomic E-state index is -1.74. The van der Waals surface area contributed by atoms with E-state index in [1.54, 1.807) is 58.0 Å². The number of rotatable bonds is 15. The third-order valence-electron chi connectivity index (χ3n) is 5.51. The molecule has 2 atom stereocenters. The molecule has 1 aromatic carbocycles. The van der Waals surface area contributed by atoms with Crippen molar-refractivity contribution in [1.82, 2.24) is 15.7 Å². The summed E-state index contributed by atoms with van der Waals surface area (Å²) in [7, 11) is 0. The minimum absolute atomic E-state index is 0.00275. The number of hydroxylamine groups is 2. The molecule has 0 bridgehead atoms. The molecule has 230 valence electrons. The number of imide groups is 1. The first-order valence-electron chi connectivity index (χ1n) is 13.5. The molecule has 1 fully saturated rings. The molecule has 2 rings (SSSR count). The number of amides is 4. The van der Waals surface area contributed by atoms with Gasteiger partial charge in [-0.25, -0.2) is 9.59 Å². The number of hydrogen-bond donors (Lipinski definition) is 2. The lowest BCUT2D eigenvalue weighted by atomic mass is 10.1. The summed E-state index contributed by atoms with van der Waals surface area (Å²) in [5.74, 6) is -5.64. The Labute approximate surface area is 243 Å². The van der Waals surface area contributed by atoms with E-state index in [0.29, 0.717) is 5.56 Å². The van der Waals surface area contributed by atoms with Crippen LogP contribution in [0.15, 0.2) is 30.3 Å². The van der Waals surface area contributed by atoms with Crippen LogP contribution in [0.3, 0.4) is 0 Å². The fourth-order valence-electron chi connectivity index (χ4n) is 3.36. The average molecular weight is 592 g/mol. The van der Waals surface area contributed by atoms with Crippen LogP contribution in [0.5, 0.6) is 0 Å². The summed E-state index contributed by atoms with van der Waals surface area (Å²) in [4.78, 5) is 92.3. The summed E-state index contributed by atoms with van der Waals surface area (Å²) in [5.41, 5.74) is 0.665. The van der Waals surface area contributed by atoms with Crippen molar-refractivity contribution >= 4 is 41.7 Å². The van der Waals surface area contributed by atoms with Crippen LogP contribution in [-0.2, 0) is 54.4 Å². The quantitative estimate of drug-likeness (QED) is 0.171. The highest BCUT2D eigenvalue weighted by Gasteiger charge is 2.37. The van der Waals surface area contributed by atoms with Crippen molar-refractivity contribution in [1.29, 1.82) is 0 Å². The van der Waals surface area contributed by atoms with E-state index in [9.17, 15) is 33.6 Å². The number of benzene rings is 1. The Balaban J connectivity index is 2.18. The van der Waals surface area contributed by atoms with Gasteiger partial charge >= 0.3 is 24.0 Å². The van der Waals surface area contributed by atoms with Crippen molar-refractivity contribution in [3.8, 4) is 0 Å². The molecule has 1 heterocycles. The van der Waals surface area contributed by atoms with E-state index in [0.717, 1.165) is 0 Å². The molecule has 1 saturated heterocycles. The monoisotopic (exact) mass is 591 g/mol. The second-order valence-electron chi connectivity index (χ2n) is 10.4. The van der Waals surface area contributed by atoms with E-state index in [2.05, 4.69) is 10.6 Å². The second-order valence-corrected chi connectivity index (χ2v) is 10.4. The lowest BCUT2D eigenvalue weighted by Crippen LogP contribution is -2.54. The lowest BCUT2D eigenvalue weighted by molar-refractivity contribution is -0.199. The van der Waals surface area contributed by atoms with Crippen molar-refractivity contribution in [3.63, 3.8) is 0 Å². The van der Waals surface area contributed by atoms with Gasteiger partial charge in [-0.2, -0.15) is 0 Å². The zero-order valence-corrected chi connectivity index (χ0v) is 24.1. The fraction of sp³-hybridized carbons (Fsp3) is 0.536. The summed E-state index contributed by atoms with van der Waals surface area (Å²) in [5, 5.41) is 4.78. The Bertz CT molecular complexity index is 1120. The van der Waals surface area contributed by atoms with Crippen LogP contribution in [0.1, 0.15) is 58.9 Å². The van der Waals surface area contributed by atoms with E-state index in [1.165, 1.54) is 0 Å². The molecule has 42 heavy (non-hydrogen) atoms. The summed E-state index contributed by atoms with van der Waals surface area (Å²) in [6.45, 7) is 7.14. The molecule has 4 amide bonds. The highest BCUT2D eigenvalue weighted by molar-refractivity contribution is 6.02. The number of carbonyl (C=O) groups excluding carboxylic acids is 7. The Morgan fingerprint density at radius 1 is 0.762 bits per heavy atom. The van der Waals surface area contributed by atoms with Gasteiger partial charge in [0, 0.05) is 12.8 Å². The maximum absolute atomic E-state index is 13.3. The van der Waals surface area contributed by atoms with Crippen molar-refractivity contribution in [2.24, 2.45) is 11.8 Å². The third kappa shape index (κ3) is 11.9. The molecular formula is C28H37N3O11. The number of nitrogens with one attached hydrogen (secondary N) is 2. The lowest BCUT2D eigenvalue weighted by Gasteiger charge is -2.23. The van der Waals surface area contributed by atoms with Gasteiger partial charge in [-0.3, -0.25) is 24.0 Å². The van der Waals surface area contributed by atoms with E-state index in [-0.39, 0.29) is 49.6 Å². The molecule has 1 aliphatic heterocycles. The first-order valence-corrected chi connectivity index (χ1v) is 13.5. The van der Waals surface area contributed by atoms with Gasteiger partial charge in [0.2, 0.25) is 5.91 Å². The van der Waals surface area contributed by atoms with Gasteiger partial charge in [-0.1, -0.05) is 58.0 Å². The van der Waals surface area contributed by atoms with Crippen LogP contribution in [-0.4, -0.2) is 72.1 Å². The Morgan fingerprint density at radius 3 is 1.81 bits per heavy atom. The van der Waals surface area contributed by atoms with Crippen molar-refractivity contribution in [2.75, 3.05) is 13.2 Å². The zero-order valence-electron chi connectivity index (χ0n) is 24.1. The molecule has 0 aromatic heterocycles. The van der Waals surface area contributed by atoms with Crippen molar-refractivity contribution in [3.05, 3.63) is 35.9 Å². The average Bonchev–Trinajstić information content (AvgIpc) is 3.25. The number of nitrogens with zero attached hydrogens (tertiary/aromatic N) is 1. The number of alkyl carbamates (subject to hydrolysis) is 1. The normalized spacial score (nSPS) is 14.3. The SMILES string of the molecule is CC(C)COC(=O)C[C@H](NC(=O)OCc1ccccc1)C(=O)N[C@@H](CC(=O)OCC(C)C)C(=O)ON1C(=O)CCC1=O. The molecule has 14 heteroatoms. The van der Waals surface area contributed by atoms with E-state index in [4.69, 9.17) is 19.0 Å². The summed E-state index contributed by atoms with van der Waals surface area (Å²) < 4.78 is 15.3. The molecule has 0 saturated carbocycles. The molecule has 0 aliphatic carbocycles. The Hall–Kier alpha value is -4.49. The van der Waals surface area contributed by atoms with Crippen LogP contribution >= 0.6 is 0 Å². The topological polar surface area (TPSA) is 184 Å². The van der Waals surface area contributed by atoms with E-state index >= 15 is 0 Å². The van der Waals surface area contributed by atoms with Crippen LogP contribution in [0, 0.1) is 11.8 Å². The molecule has 0 unspecified atom stereocenters. The van der Waals surface area contributed by atoms with Crippen molar-refractivity contribution < 1.29 is 52.6 Å². The highest BCUT2D eigenvalue weighted by Crippen LogP contribution is 2.14. The number of carbonyl (C=O) groups is 7. The van der Waals surface area contributed by atoms with E-state index < -0.39 is 66.6 Å². The number of hydrogen-bond acceptors (Lipinski definition) is 11. The third-order valence-corrected chi connectivity index (χ3v) is 5.51. The minimum Gasteiger partial charge on any atom is -0.465 e. The van der Waals surface area contributed by atoms with Crippen LogP contribution in [0.4, 0.5) is 4.79 Å². The predicted molar refractivity (Wildman–Crippen MR) is 143 cm³/mol. The number of esters is 2. The van der Waals surface area contributed by atoms with Gasteiger partial charge in [0.15, 0.2) is 0 Å². The Morgan fingerprint density at radius 2 is 1.29 bits per heavy atom. The maximum Gasteiger partial charge on any atom is 0.408 e. The van der Waals surface area contributed by atoms with E-state index in [1.807, 2.05) is 0 Å². The van der Waals surface area contributed by atoms with Gasteiger partial charge < -0.3 is 29.7 Å². The first kappa shape index (κ1) is 33.7. The summed E-state index contributed by atoms with van der Waals surface area (Å²) >= 11 is 0. The fourth-order valence-corrected chi connectivity index (χ4v) is 3.36. The zero-order chi connectivity index (χ0) is 31.2. The van der Waals surface area contributed by atoms with Gasteiger partial charge in [0.1, 0.15) is 18.7 Å². The van der Waals surface area contributed by atoms with Crippen molar-refractivity contribution in [2.45, 2.75) is 72.1 Å². The Kier molecular flexibility index (Phi) is 13.4. The molecule has 1 aliphatic rings. The molecule has 0 radical (unpaired) electrons. The molecule has 1 aromatic rings. The van der Waals surface area contributed by atoms with Gasteiger partial charge in [-0.15, -0.1) is 5.06 Å². The van der Waals surface area contributed by atoms with Crippen LogP contribution < -0.4 is 10.6 Å². The van der Waals surface area contributed by atoms with Gasteiger partial charge in [0.25, 0.3) is 11.8 Å². The maximum atomic E-state index is 13.3. The summed E-state index contributed by atoms with van der Waals surface area (Å²) in [6, 6.07) is 5.36. The van der Waals surface area contributed by atoms with Crippen LogP contribution in [0.25, 0.3) is 0 Å². The molecule has 0 spiro atoms. The predicted octanol–water partition coefficient (Wildman–Crippen LogP) is 1.55. The smallest absolute Gasteiger partial charge is 0.408 e. The largest absolute Gasteiger partial charge is 0.465 e. The van der Waals surface area contributed by atoms with Crippen LogP contribution in [0.2, 0.25) is 0 Å². The number of ether oxygens (including phenoxy) is 3. The standard InChI is InChI=1S/C28H37N3O11/c1-17(2)14-39-24(34)12-20(30-28(38)41-16-19-8-6-5-7-9-19)26(36)29-21(13-25(35)40-15-18(3)4)27(37)42-31-22(32)10-11-23(31)33/h5-9,17-18,20-21H,10-16H2,1-4H3,(H,29,36)(H,30,38)/t20-,21-/m0/s1.